The molecule has 122 valence electrons. The van der Waals surface area contributed by atoms with Crippen LogP contribution in [0.1, 0.15) is 19.4 Å². The molecule has 2 rings (SSSR count). The lowest BCUT2D eigenvalue weighted by Crippen LogP contribution is -2.16. The molecule has 0 saturated heterocycles. The second-order valence-electron chi connectivity index (χ2n) is 5.37. The van der Waals surface area contributed by atoms with Gasteiger partial charge in [-0.2, -0.15) is 0 Å². The average molecular weight is 332 g/mol. The van der Waals surface area contributed by atoms with E-state index in [1.807, 2.05) is 13.8 Å². The summed E-state index contributed by atoms with van der Waals surface area (Å²) in [5.41, 5.74) is 0.694. The fourth-order valence-electron chi connectivity index (χ4n) is 2.18. The zero-order valence-corrected chi connectivity index (χ0v) is 14.4. The maximum absolute atomic E-state index is 12.9. The van der Waals surface area contributed by atoms with Gasteiger partial charge in [0.25, 0.3) is 7.37 Å². The van der Waals surface area contributed by atoms with Crippen molar-refractivity contribution in [2.45, 2.75) is 20.0 Å². The van der Waals surface area contributed by atoms with Crippen LogP contribution in [-0.2, 0) is 4.57 Å². The van der Waals surface area contributed by atoms with Gasteiger partial charge in [-0.05, 0) is 56.3 Å². The third kappa shape index (κ3) is 3.84. The van der Waals surface area contributed by atoms with Gasteiger partial charge in [0.1, 0.15) is 11.5 Å². The summed E-state index contributed by atoms with van der Waals surface area (Å²) in [7, 11) is -2.13. The quantitative estimate of drug-likeness (QED) is 0.824. The average Bonchev–Trinajstić information content (AvgIpc) is 2.54. The molecule has 2 aromatic carbocycles. The van der Waals surface area contributed by atoms with E-state index < -0.39 is 7.37 Å². The molecular formula is C18H21O4P. The molecule has 4 nitrogen and oxygen atoms in total. The van der Waals surface area contributed by atoms with Crippen molar-refractivity contribution in [3.8, 4) is 11.5 Å². The Balaban J connectivity index is 2.42. The fraction of sp³-hybridized carbons (Fsp3) is 0.222. The van der Waals surface area contributed by atoms with Crippen molar-refractivity contribution >= 4 is 24.1 Å². The molecule has 0 aliphatic carbocycles. The van der Waals surface area contributed by atoms with Crippen molar-refractivity contribution < 1.29 is 18.9 Å². The molecule has 1 atom stereocenters. The highest BCUT2D eigenvalue weighted by Gasteiger charge is 2.25. The van der Waals surface area contributed by atoms with E-state index in [1.165, 1.54) is 0 Å². The zero-order valence-electron chi connectivity index (χ0n) is 13.5. The van der Waals surface area contributed by atoms with Crippen LogP contribution in [0.3, 0.4) is 0 Å². The smallest absolute Gasteiger partial charge is 0.258 e. The van der Waals surface area contributed by atoms with Gasteiger partial charge in [-0.3, -0.25) is 4.57 Å². The molecule has 23 heavy (non-hydrogen) atoms. The minimum atomic E-state index is -3.68. The number of benzene rings is 2. The first-order valence-corrected chi connectivity index (χ1v) is 8.95. The molecular weight excluding hydrogens is 311 g/mol. The van der Waals surface area contributed by atoms with E-state index in [4.69, 9.17) is 9.47 Å². The van der Waals surface area contributed by atoms with E-state index in [2.05, 4.69) is 6.58 Å². The SMILES string of the molecule is C=Cc1cc(P(=O)(O)c2ccc(OC)cc2)ccc1OC(C)C. The van der Waals surface area contributed by atoms with Gasteiger partial charge in [-0.15, -0.1) is 0 Å². The molecule has 0 amide bonds. The van der Waals surface area contributed by atoms with E-state index >= 15 is 0 Å². The summed E-state index contributed by atoms with van der Waals surface area (Å²) in [6.07, 6.45) is 1.64. The molecule has 0 fully saturated rings. The van der Waals surface area contributed by atoms with Crippen LogP contribution in [0.25, 0.3) is 6.08 Å². The van der Waals surface area contributed by atoms with Crippen LogP contribution in [0.5, 0.6) is 11.5 Å². The number of rotatable bonds is 6. The Morgan fingerprint density at radius 3 is 2.26 bits per heavy atom. The van der Waals surface area contributed by atoms with E-state index in [1.54, 1.807) is 55.7 Å². The van der Waals surface area contributed by atoms with Gasteiger partial charge in [0, 0.05) is 16.2 Å². The Morgan fingerprint density at radius 2 is 1.74 bits per heavy atom. The lowest BCUT2D eigenvalue weighted by molar-refractivity contribution is 0.242. The first kappa shape index (κ1) is 17.3. The summed E-state index contributed by atoms with van der Waals surface area (Å²) in [6, 6.07) is 11.5. The summed E-state index contributed by atoms with van der Waals surface area (Å²) < 4.78 is 23.6. The predicted molar refractivity (Wildman–Crippen MR) is 94.4 cm³/mol. The second kappa shape index (κ2) is 7.03. The van der Waals surface area contributed by atoms with Gasteiger partial charge in [0.15, 0.2) is 0 Å². The second-order valence-corrected chi connectivity index (χ2v) is 7.55. The molecule has 0 aliphatic rings. The minimum Gasteiger partial charge on any atom is -0.497 e. The molecule has 1 unspecified atom stereocenters. The Morgan fingerprint density at radius 1 is 1.13 bits per heavy atom. The van der Waals surface area contributed by atoms with Crippen molar-refractivity contribution in [2.75, 3.05) is 7.11 Å². The molecule has 1 N–H and O–H groups in total. The van der Waals surface area contributed by atoms with Crippen molar-refractivity contribution in [2.24, 2.45) is 0 Å². The van der Waals surface area contributed by atoms with E-state index in [0.29, 0.717) is 27.7 Å². The van der Waals surface area contributed by atoms with Crippen molar-refractivity contribution in [1.29, 1.82) is 0 Å². The normalized spacial score (nSPS) is 13.4. The van der Waals surface area contributed by atoms with E-state index in [-0.39, 0.29) is 6.10 Å². The molecule has 0 aromatic heterocycles. The van der Waals surface area contributed by atoms with E-state index in [0.717, 1.165) is 0 Å². The summed E-state index contributed by atoms with van der Waals surface area (Å²) in [4.78, 5) is 10.6. The highest BCUT2D eigenvalue weighted by molar-refractivity contribution is 7.73. The molecule has 0 bridgehead atoms. The maximum Gasteiger partial charge on any atom is 0.258 e. The first-order chi connectivity index (χ1) is 10.9. The van der Waals surface area contributed by atoms with Crippen LogP contribution in [0.2, 0.25) is 0 Å². The molecule has 0 aliphatic heterocycles. The summed E-state index contributed by atoms with van der Waals surface area (Å²) in [6.45, 7) is 7.60. The minimum absolute atomic E-state index is 0.0158. The van der Waals surface area contributed by atoms with Gasteiger partial charge < -0.3 is 14.4 Å². The van der Waals surface area contributed by atoms with Crippen molar-refractivity contribution in [1.82, 2.24) is 0 Å². The lowest BCUT2D eigenvalue weighted by Gasteiger charge is -2.17. The number of ether oxygens (including phenoxy) is 2. The van der Waals surface area contributed by atoms with Crippen molar-refractivity contribution in [3.63, 3.8) is 0 Å². The number of hydrogen-bond acceptors (Lipinski definition) is 3. The Kier molecular flexibility index (Phi) is 5.30. The summed E-state index contributed by atoms with van der Waals surface area (Å²) in [5.74, 6) is 1.29. The molecule has 0 spiro atoms. The van der Waals surface area contributed by atoms with Gasteiger partial charge in [-0.25, -0.2) is 0 Å². The first-order valence-electron chi connectivity index (χ1n) is 7.29. The van der Waals surface area contributed by atoms with E-state index in [9.17, 15) is 9.46 Å². The highest BCUT2D eigenvalue weighted by atomic mass is 31.2. The summed E-state index contributed by atoms with van der Waals surface area (Å²) >= 11 is 0. The third-order valence-corrected chi connectivity index (χ3v) is 5.32. The predicted octanol–water partition coefficient (Wildman–Crippen LogP) is 3.35. The molecule has 0 radical (unpaired) electrons. The van der Waals surface area contributed by atoms with Gasteiger partial charge in [0.2, 0.25) is 0 Å². The van der Waals surface area contributed by atoms with Crippen LogP contribution in [0.4, 0.5) is 0 Å². The van der Waals surface area contributed by atoms with Crippen LogP contribution in [0, 0.1) is 0 Å². The van der Waals surface area contributed by atoms with Crippen LogP contribution >= 0.6 is 7.37 Å². The van der Waals surface area contributed by atoms with Gasteiger partial charge >= 0.3 is 0 Å². The zero-order chi connectivity index (χ0) is 17.0. The fourth-order valence-corrected chi connectivity index (χ4v) is 3.62. The Hall–Kier alpha value is -2.03. The van der Waals surface area contributed by atoms with Crippen LogP contribution in [-0.4, -0.2) is 18.1 Å². The van der Waals surface area contributed by atoms with Gasteiger partial charge in [0.05, 0.1) is 13.2 Å². The van der Waals surface area contributed by atoms with Crippen LogP contribution < -0.4 is 20.1 Å². The number of hydrogen-bond donors (Lipinski definition) is 1. The Bertz CT molecular complexity index is 735. The molecule has 2 aromatic rings. The van der Waals surface area contributed by atoms with Gasteiger partial charge in [-0.1, -0.05) is 12.7 Å². The van der Waals surface area contributed by atoms with Crippen LogP contribution in [0.15, 0.2) is 49.0 Å². The standard InChI is InChI=1S/C18H21O4P/c1-5-14-12-17(10-11-18(14)22-13(2)3)23(19,20)16-8-6-15(21-4)7-9-16/h5-13H,1H2,2-4H3,(H,19,20). The maximum atomic E-state index is 12.9. The largest absolute Gasteiger partial charge is 0.497 e. The molecule has 0 heterocycles. The Labute approximate surface area is 136 Å². The summed E-state index contributed by atoms with van der Waals surface area (Å²) in [5, 5.41) is 0.694. The molecule has 0 saturated carbocycles. The molecule has 5 heteroatoms. The number of methoxy groups -OCH3 is 1. The topological polar surface area (TPSA) is 55.8 Å². The highest BCUT2D eigenvalue weighted by Crippen LogP contribution is 2.39. The lowest BCUT2D eigenvalue weighted by atomic mass is 10.2. The third-order valence-electron chi connectivity index (χ3n) is 3.35. The monoisotopic (exact) mass is 332 g/mol. The van der Waals surface area contributed by atoms with Crippen molar-refractivity contribution in [3.05, 3.63) is 54.6 Å².